The molecule has 0 aliphatic heterocycles. The molecule has 0 fully saturated rings. The monoisotopic (exact) mass is 234 g/mol. The molecular formula is C10H22O4Si. The minimum atomic E-state index is -2.23. The average molecular weight is 234 g/mol. The molecule has 0 unspecified atom stereocenters. The summed E-state index contributed by atoms with van der Waals surface area (Å²) >= 11 is 0. The minimum Gasteiger partial charge on any atom is -0.481 e. The van der Waals surface area contributed by atoms with E-state index in [1.807, 2.05) is 20.4 Å². The van der Waals surface area contributed by atoms with Crippen LogP contribution in [0.5, 0.6) is 0 Å². The van der Waals surface area contributed by atoms with Crippen molar-refractivity contribution in [2.24, 2.45) is 0 Å². The highest BCUT2D eigenvalue weighted by molar-refractivity contribution is 6.66. The Morgan fingerprint density at radius 3 is 2.00 bits per heavy atom. The highest BCUT2D eigenvalue weighted by atomic mass is 28.4. The molecule has 0 saturated carbocycles. The van der Waals surface area contributed by atoms with Crippen LogP contribution in [0.2, 0.25) is 12.6 Å². The molecule has 0 spiro atoms. The van der Waals surface area contributed by atoms with Crippen LogP contribution in [0.25, 0.3) is 0 Å². The number of carboxylic acids is 1. The van der Waals surface area contributed by atoms with Gasteiger partial charge in [-0.3, -0.25) is 4.79 Å². The van der Waals surface area contributed by atoms with Crippen molar-refractivity contribution in [2.75, 3.05) is 13.2 Å². The lowest BCUT2D eigenvalue weighted by atomic mass is 10.5. The molecule has 0 rings (SSSR count). The molecule has 4 nitrogen and oxygen atoms in total. The zero-order valence-electron chi connectivity index (χ0n) is 9.91. The standard InChI is InChI=1S/C10H22O4Si/c1-4-7-13-15(3,14-8-5-2)9-6-10(11)12/h4-9H2,1-3H3,(H,11,12). The van der Waals surface area contributed by atoms with E-state index in [2.05, 4.69) is 0 Å². The van der Waals surface area contributed by atoms with Crippen molar-refractivity contribution in [3.63, 3.8) is 0 Å². The summed E-state index contributed by atoms with van der Waals surface area (Å²) in [4.78, 5) is 10.5. The zero-order valence-corrected chi connectivity index (χ0v) is 10.9. The normalized spacial score (nSPS) is 11.7. The van der Waals surface area contributed by atoms with Crippen molar-refractivity contribution < 1.29 is 18.8 Å². The first-order valence-corrected chi connectivity index (χ1v) is 8.06. The first kappa shape index (κ1) is 14.6. The minimum absolute atomic E-state index is 0.135. The summed E-state index contributed by atoms with van der Waals surface area (Å²) in [5.74, 6) is -0.783. The van der Waals surface area contributed by atoms with Gasteiger partial charge in [0, 0.05) is 25.7 Å². The second-order valence-electron chi connectivity index (χ2n) is 3.72. The maximum absolute atomic E-state index is 10.5. The number of aliphatic carboxylic acids is 1. The maximum Gasteiger partial charge on any atom is 0.335 e. The molecule has 0 aliphatic rings. The SMILES string of the molecule is CCCO[Si](C)(CCC(=O)O)OCCC. The van der Waals surface area contributed by atoms with Crippen LogP contribution in [0.3, 0.4) is 0 Å². The van der Waals surface area contributed by atoms with Crippen molar-refractivity contribution >= 4 is 14.5 Å². The van der Waals surface area contributed by atoms with E-state index >= 15 is 0 Å². The largest absolute Gasteiger partial charge is 0.481 e. The highest BCUT2D eigenvalue weighted by Crippen LogP contribution is 2.16. The van der Waals surface area contributed by atoms with E-state index in [0.29, 0.717) is 19.3 Å². The molecule has 1 N–H and O–H groups in total. The Kier molecular flexibility index (Phi) is 7.64. The van der Waals surface area contributed by atoms with Gasteiger partial charge in [0.1, 0.15) is 0 Å². The third-order valence-corrected chi connectivity index (χ3v) is 4.80. The Bertz CT molecular complexity index is 176. The molecule has 0 radical (unpaired) electrons. The predicted molar refractivity (Wildman–Crippen MR) is 61.2 cm³/mol. The van der Waals surface area contributed by atoms with Crippen LogP contribution < -0.4 is 0 Å². The van der Waals surface area contributed by atoms with Crippen molar-refractivity contribution in [3.8, 4) is 0 Å². The van der Waals surface area contributed by atoms with Gasteiger partial charge < -0.3 is 14.0 Å². The average Bonchev–Trinajstić information content (AvgIpc) is 2.21. The topological polar surface area (TPSA) is 55.8 Å². The van der Waals surface area contributed by atoms with Gasteiger partial charge in [-0.15, -0.1) is 0 Å². The Balaban J connectivity index is 4.06. The van der Waals surface area contributed by atoms with Crippen LogP contribution in [0.15, 0.2) is 0 Å². The van der Waals surface area contributed by atoms with E-state index in [9.17, 15) is 4.79 Å². The fraction of sp³-hybridized carbons (Fsp3) is 0.900. The first-order chi connectivity index (χ1) is 7.04. The molecule has 0 aromatic rings. The van der Waals surface area contributed by atoms with Gasteiger partial charge in [-0.25, -0.2) is 0 Å². The second kappa shape index (κ2) is 7.84. The van der Waals surface area contributed by atoms with E-state index in [-0.39, 0.29) is 6.42 Å². The molecule has 0 amide bonds. The lowest BCUT2D eigenvalue weighted by Crippen LogP contribution is -2.39. The summed E-state index contributed by atoms with van der Waals surface area (Å²) < 4.78 is 11.4. The Morgan fingerprint density at radius 2 is 1.67 bits per heavy atom. The summed E-state index contributed by atoms with van der Waals surface area (Å²) in [7, 11) is -2.23. The van der Waals surface area contributed by atoms with Gasteiger partial charge in [0.2, 0.25) is 0 Å². The quantitative estimate of drug-likeness (QED) is 0.622. The molecule has 5 heteroatoms. The molecule has 90 valence electrons. The van der Waals surface area contributed by atoms with Gasteiger partial charge in [-0.2, -0.15) is 0 Å². The number of hydrogen-bond donors (Lipinski definition) is 1. The summed E-state index contributed by atoms with van der Waals surface area (Å²) in [6, 6.07) is 0.530. The van der Waals surface area contributed by atoms with Crippen LogP contribution in [0, 0.1) is 0 Å². The maximum atomic E-state index is 10.5. The van der Waals surface area contributed by atoms with Gasteiger partial charge in [0.15, 0.2) is 0 Å². The van der Waals surface area contributed by atoms with Crippen molar-refractivity contribution in [1.29, 1.82) is 0 Å². The molecule has 0 bridgehead atoms. The summed E-state index contributed by atoms with van der Waals surface area (Å²) in [5.41, 5.74) is 0. The fourth-order valence-corrected chi connectivity index (χ4v) is 3.47. The van der Waals surface area contributed by atoms with Crippen LogP contribution in [-0.2, 0) is 13.6 Å². The van der Waals surface area contributed by atoms with Crippen LogP contribution in [0.1, 0.15) is 33.1 Å². The van der Waals surface area contributed by atoms with Crippen molar-refractivity contribution in [3.05, 3.63) is 0 Å². The number of hydrogen-bond acceptors (Lipinski definition) is 3. The highest BCUT2D eigenvalue weighted by Gasteiger charge is 2.31. The second-order valence-corrected chi connectivity index (χ2v) is 7.07. The Morgan fingerprint density at radius 1 is 1.20 bits per heavy atom. The van der Waals surface area contributed by atoms with Gasteiger partial charge in [0.05, 0.1) is 0 Å². The van der Waals surface area contributed by atoms with Gasteiger partial charge >= 0.3 is 14.5 Å². The first-order valence-electron chi connectivity index (χ1n) is 5.53. The number of rotatable bonds is 9. The van der Waals surface area contributed by atoms with Gasteiger partial charge in [0.25, 0.3) is 0 Å². The lowest BCUT2D eigenvalue weighted by molar-refractivity contribution is -0.136. The van der Waals surface area contributed by atoms with Crippen molar-refractivity contribution in [2.45, 2.75) is 45.7 Å². The smallest absolute Gasteiger partial charge is 0.335 e. The summed E-state index contributed by atoms with van der Waals surface area (Å²) in [6.07, 6.45) is 2.01. The molecule has 0 aromatic heterocycles. The lowest BCUT2D eigenvalue weighted by Gasteiger charge is -2.26. The van der Waals surface area contributed by atoms with Crippen molar-refractivity contribution in [1.82, 2.24) is 0 Å². The van der Waals surface area contributed by atoms with E-state index in [1.54, 1.807) is 0 Å². The summed E-state index contributed by atoms with van der Waals surface area (Å²) in [5, 5.41) is 8.64. The van der Waals surface area contributed by atoms with Gasteiger partial charge in [-0.1, -0.05) is 13.8 Å². The molecule has 0 saturated heterocycles. The molecule has 0 aromatic carbocycles. The molecule has 0 atom stereocenters. The Labute approximate surface area is 92.8 Å². The van der Waals surface area contributed by atoms with Gasteiger partial charge in [-0.05, 0) is 19.4 Å². The molecule has 0 aliphatic carbocycles. The van der Waals surface area contributed by atoms with Crippen LogP contribution in [0.4, 0.5) is 0 Å². The molecular weight excluding hydrogens is 212 g/mol. The zero-order chi connectivity index (χ0) is 11.7. The molecule has 15 heavy (non-hydrogen) atoms. The van der Waals surface area contributed by atoms with E-state index in [4.69, 9.17) is 14.0 Å². The van der Waals surface area contributed by atoms with E-state index in [1.165, 1.54) is 0 Å². The molecule has 0 heterocycles. The van der Waals surface area contributed by atoms with Crippen LogP contribution in [-0.4, -0.2) is 32.9 Å². The fourth-order valence-electron chi connectivity index (χ4n) is 1.16. The van der Waals surface area contributed by atoms with E-state index < -0.39 is 14.5 Å². The number of carbonyl (C=O) groups is 1. The predicted octanol–water partition coefficient (Wildman–Crippen LogP) is 2.39. The third kappa shape index (κ3) is 7.53. The summed E-state index contributed by atoms with van der Waals surface area (Å²) in [6.45, 7) is 7.33. The number of carboxylic acid groups (broad SMARTS) is 1. The Hall–Kier alpha value is -0.393. The van der Waals surface area contributed by atoms with Crippen LogP contribution >= 0.6 is 0 Å². The third-order valence-electron chi connectivity index (χ3n) is 2.02. The van der Waals surface area contributed by atoms with E-state index in [0.717, 1.165) is 12.8 Å².